The smallest absolute Gasteiger partial charge is 0.315 e. The number of carboxylic acids is 1. The summed E-state index contributed by atoms with van der Waals surface area (Å²) in [4.78, 5) is 22.6. The molecule has 1 rings (SSSR count). The highest BCUT2D eigenvalue weighted by Gasteiger charge is 2.29. The van der Waals surface area contributed by atoms with Gasteiger partial charge >= 0.3 is 12.0 Å². The summed E-state index contributed by atoms with van der Waals surface area (Å²) in [7, 11) is 0. The van der Waals surface area contributed by atoms with E-state index in [2.05, 4.69) is 24.5 Å². The van der Waals surface area contributed by atoms with Crippen molar-refractivity contribution in [1.82, 2.24) is 10.6 Å². The van der Waals surface area contributed by atoms with Crippen LogP contribution in [0.2, 0.25) is 0 Å². The van der Waals surface area contributed by atoms with Gasteiger partial charge in [-0.3, -0.25) is 4.79 Å². The number of hydrogen-bond donors (Lipinski definition) is 3. The van der Waals surface area contributed by atoms with Gasteiger partial charge in [0.25, 0.3) is 0 Å². The van der Waals surface area contributed by atoms with E-state index in [1.807, 2.05) is 0 Å². The number of hydrogen-bond acceptors (Lipinski definition) is 2. The Balaban J connectivity index is 2.44. The van der Waals surface area contributed by atoms with Crippen molar-refractivity contribution < 1.29 is 14.7 Å². The Morgan fingerprint density at radius 3 is 2.42 bits per heavy atom. The van der Waals surface area contributed by atoms with Crippen molar-refractivity contribution in [3.8, 4) is 0 Å². The minimum absolute atomic E-state index is 0.0856. The highest BCUT2D eigenvalue weighted by molar-refractivity contribution is 5.76. The van der Waals surface area contributed by atoms with Gasteiger partial charge in [-0.05, 0) is 44.9 Å². The third-order valence-electron chi connectivity index (χ3n) is 3.79. The lowest BCUT2D eigenvalue weighted by Crippen LogP contribution is -2.53. The quantitative estimate of drug-likeness (QED) is 0.733. The molecule has 1 aliphatic carbocycles. The molecule has 0 saturated heterocycles. The molecule has 3 atom stereocenters. The zero-order chi connectivity index (χ0) is 14.6. The summed E-state index contributed by atoms with van der Waals surface area (Å²) in [5.74, 6) is 0.279. The van der Waals surface area contributed by atoms with Crippen LogP contribution in [0.4, 0.5) is 4.79 Å². The predicted octanol–water partition coefficient (Wildman–Crippen LogP) is 2.36. The fourth-order valence-corrected chi connectivity index (χ4v) is 2.81. The van der Waals surface area contributed by atoms with Gasteiger partial charge in [0.2, 0.25) is 0 Å². The summed E-state index contributed by atoms with van der Waals surface area (Å²) >= 11 is 0. The average molecular weight is 270 g/mol. The van der Waals surface area contributed by atoms with Crippen molar-refractivity contribution in [2.45, 2.75) is 65.0 Å². The largest absolute Gasteiger partial charge is 0.481 e. The predicted molar refractivity (Wildman–Crippen MR) is 74.0 cm³/mol. The van der Waals surface area contributed by atoms with Gasteiger partial charge in [0, 0.05) is 11.6 Å². The molecule has 2 amide bonds. The van der Waals surface area contributed by atoms with Crippen LogP contribution in [0.1, 0.15) is 53.4 Å². The lowest BCUT2D eigenvalue weighted by molar-refractivity contribution is -0.138. The van der Waals surface area contributed by atoms with Crippen molar-refractivity contribution >= 4 is 12.0 Å². The molecule has 5 heteroatoms. The summed E-state index contributed by atoms with van der Waals surface area (Å²) in [5, 5.41) is 14.5. The Hall–Kier alpha value is -1.26. The molecule has 1 aliphatic rings. The Morgan fingerprint density at radius 2 is 1.89 bits per heavy atom. The summed E-state index contributed by atoms with van der Waals surface area (Å²) in [6, 6.07) is -0.0746. The molecule has 1 saturated carbocycles. The Labute approximate surface area is 115 Å². The molecule has 0 aromatic carbocycles. The topological polar surface area (TPSA) is 78.4 Å². The zero-order valence-electron chi connectivity index (χ0n) is 12.3. The van der Waals surface area contributed by atoms with E-state index in [4.69, 9.17) is 5.11 Å². The molecule has 0 aromatic rings. The molecule has 0 aliphatic heterocycles. The number of amides is 2. The lowest BCUT2D eigenvalue weighted by Gasteiger charge is -2.34. The second-order valence-corrected chi connectivity index (χ2v) is 6.55. The first-order chi connectivity index (χ1) is 8.69. The monoisotopic (exact) mass is 270 g/mol. The van der Waals surface area contributed by atoms with E-state index in [0.29, 0.717) is 5.92 Å². The number of rotatable bonds is 4. The fourth-order valence-electron chi connectivity index (χ4n) is 2.81. The molecule has 110 valence electrons. The molecule has 0 spiro atoms. The minimum Gasteiger partial charge on any atom is -0.481 e. The average Bonchev–Trinajstić information content (AvgIpc) is 2.19. The number of urea groups is 1. The van der Waals surface area contributed by atoms with Gasteiger partial charge in [0.15, 0.2) is 0 Å². The summed E-state index contributed by atoms with van der Waals surface area (Å²) in [6.45, 7) is 7.83. The van der Waals surface area contributed by atoms with Crippen molar-refractivity contribution in [2.75, 3.05) is 0 Å². The van der Waals surface area contributed by atoms with E-state index in [1.165, 1.54) is 0 Å². The molecule has 0 bridgehead atoms. The Morgan fingerprint density at radius 1 is 1.26 bits per heavy atom. The van der Waals surface area contributed by atoms with E-state index >= 15 is 0 Å². The summed E-state index contributed by atoms with van der Waals surface area (Å²) in [5.41, 5.74) is -0.735. The minimum atomic E-state index is -0.912. The van der Waals surface area contributed by atoms with Crippen LogP contribution in [0.3, 0.4) is 0 Å². The van der Waals surface area contributed by atoms with Crippen LogP contribution < -0.4 is 10.6 Å². The van der Waals surface area contributed by atoms with Gasteiger partial charge in [0.05, 0.1) is 6.42 Å². The normalized spacial score (nSPS) is 27.7. The maximum absolute atomic E-state index is 11.9. The van der Waals surface area contributed by atoms with E-state index < -0.39 is 11.5 Å². The van der Waals surface area contributed by atoms with Crippen LogP contribution >= 0.6 is 0 Å². The Kier molecular flexibility index (Phi) is 5.20. The highest BCUT2D eigenvalue weighted by Crippen LogP contribution is 2.28. The van der Waals surface area contributed by atoms with Crippen LogP contribution in [0, 0.1) is 11.8 Å². The van der Waals surface area contributed by atoms with Crippen molar-refractivity contribution in [3.05, 3.63) is 0 Å². The second kappa shape index (κ2) is 6.26. The van der Waals surface area contributed by atoms with E-state index in [0.717, 1.165) is 25.2 Å². The number of nitrogens with one attached hydrogen (secondary N) is 2. The zero-order valence-corrected chi connectivity index (χ0v) is 12.3. The molecule has 1 fully saturated rings. The van der Waals surface area contributed by atoms with Gasteiger partial charge < -0.3 is 15.7 Å². The van der Waals surface area contributed by atoms with Gasteiger partial charge in [-0.2, -0.15) is 0 Å². The maximum Gasteiger partial charge on any atom is 0.315 e. The molecular formula is C14H26N2O3. The molecule has 3 unspecified atom stereocenters. The number of carboxylic acid groups (broad SMARTS) is 1. The van der Waals surface area contributed by atoms with Gasteiger partial charge in [-0.15, -0.1) is 0 Å². The van der Waals surface area contributed by atoms with Crippen LogP contribution in [-0.2, 0) is 4.79 Å². The van der Waals surface area contributed by atoms with Crippen molar-refractivity contribution in [1.29, 1.82) is 0 Å². The van der Waals surface area contributed by atoms with Crippen molar-refractivity contribution in [2.24, 2.45) is 11.8 Å². The molecule has 3 N–H and O–H groups in total. The molecule has 5 nitrogen and oxygen atoms in total. The molecule has 0 heterocycles. The molecule has 0 aromatic heterocycles. The third-order valence-corrected chi connectivity index (χ3v) is 3.79. The Bertz CT molecular complexity index is 342. The van der Waals surface area contributed by atoms with E-state index in [9.17, 15) is 9.59 Å². The first-order valence-electron chi connectivity index (χ1n) is 7.00. The van der Waals surface area contributed by atoms with Gasteiger partial charge in [-0.1, -0.05) is 13.8 Å². The van der Waals surface area contributed by atoms with E-state index in [1.54, 1.807) is 13.8 Å². The lowest BCUT2D eigenvalue weighted by atomic mass is 9.80. The molecule has 0 radical (unpaired) electrons. The van der Waals surface area contributed by atoms with Crippen LogP contribution in [0.5, 0.6) is 0 Å². The first-order valence-corrected chi connectivity index (χ1v) is 7.00. The number of carbonyl (C=O) groups is 2. The summed E-state index contributed by atoms with van der Waals surface area (Å²) in [6.07, 6.45) is 3.17. The van der Waals surface area contributed by atoms with Crippen LogP contribution in [0.15, 0.2) is 0 Å². The van der Waals surface area contributed by atoms with Crippen molar-refractivity contribution in [3.63, 3.8) is 0 Å². The third kappa shape index (κ3) is 5.49. The maximum atomic E-state index is 11.9. The van der Waals surface area contributed by atoms with Crippen LogP contribution in [0.25, 0.3) is 0 Å². The SMILES string of the molecule is CC1CCC(NC(=O)NC(C)(C)CC(=O)O)C(C)C1. The number of carbonyl (C=O) groups excluding carboxylic acids is 1. The van der Waals surface area contributed by atoms with Crippen LogP contribution in [-0.4, -0.2) is 28.7 Å². The molecule has 19 heavy (non-hydrogen) atoms. The first kappa shape index (κ1) is 15.8. The van der Waals surface area contributed by atoms with Gasteiger partial charge in [0.1, 0.15) is 0 Å². The second-order valence-electron chi connectivity index (χ2n) is 6.55. The fraction of sp³-hybridized carbons (Fsp3) is 0.857. The number of aliphatic carboxylic acids is 1. The van der Waals surface area contributed by atoms with E-state index in [-0.39, 0.29) is 18.5 Å². The summed E-state index contributed by atoms with van der Waals surface area (Å²) < 4.78 is 0. The van der Waals surface area contributed by atoms with Gasteiger partial charge in [-0.25, -0.2) is 4.79 Å². The standard InChI is InChI=1S/C14H26N2O3/c1-9-5-6-11(10(2)7-9)15-13(19)16-14(3,4)8-12(17)18/h9-11H,5-8H2,1-4H3,(H,17,18)(H2,15,16,19). The molecular weight excluding hydrogens is 244 g/mol. The highest BCUT2D eigenvalue weighted by atomic mass is 16.4.